The summed E-state index contributed by atoms with van der Waals surface area (Å²) >= 11 is 0. The average Bonchev–Trinajstić information content (AvgIpc) is 2.46. The summed E-state index contributed by atoms with van der Waals surface area (Å²) in [4.78, 5) is 0. The summed E-state index contributed by atoms with van der Waals surface area (Å²) in [6.07, 6.45) is 2.06. The quantitative estimate of drug-likeness (QED) is 0.778. The van der Waals surface area contributed by atoms with Gasteiger partial charge in [0.15, 0.2) is 17.4 Å². The predicted octanol–water partition coefficient (Wildman–Crippen LogP) is 2.52. The Labute approximate surface area is 118 Å². The Bertz CT molecular complexity index is 448. The molecule has 0 bridgehead atoms. The summed E-state index contributed by atoms with van der Waals surface area (Å²) in [5.41, 5.74) is 0.0842. The van der Waals surface area contributed by atoms with Crippen LogP contribution in [0, 0.1) is 17.6 Å². The lowest BCUT2D eigenvalue weighted by atomic mass is 9.76. The van der Waals surface area contributed by atoms with Gasteiger partial charge in [-0.25, -0.2) is 4.39 Å². The minimum Gasteiger partial charge on any atom is -0.491 e. The van der Waals surface area contributed by atoms with E-state index in [9.17, 15) is 8.78 Å². The summed E-state index contributed by atoms with van der Waals surface area (Å²) < 4.78 is 43.8. The normalized spacial score (nSPS) is 16.5. The zero-order valence-corrected chi connectivity index (χ0v) is 11.8. The predicted molar refractivity (Wildman–Crippen MR) is 73.2 cm³/mol. The molecule has 0 spiro atoms. The van der Waals surface area contributed by atoms with Crippen molar-refractivity contribution in [1.29, 1.82) is 0 Å². The molecular formula is C14H19BF2O3. The molecule has 2 rings (SSSR count). The second-order valence-electron chi connectivity index (χ2n) is 4.87. The molecule has 6 heteroatoms. The maximum Gasteiger partial charge on any atom is 0.497 e. The molecule has 1 aliphatic rings. The van der Waals surface area contributed by atoms with Crippen LogP contribution in [0.15, 0.2) is 12.1 Å². The Morgan fingerprint density at radius 1 is 1.20 bits per heavy atom. The van der Waals surface area contributed by atoms with Crippen molar-refractivity contribution < 1.29 is 22.8 Å². The molecule has 1 aromatic carbocycles. The van der Waals surface area contributed by atoms with E-state index in [2.05, 4.69) is 6.92 Å². The molecule has 1 heterocycles. The van der Waals surface area contributed by atoms with Crippen LogP contribution in [0.25, 0.3) is 0 Å². The van der Waals surface area contributed by atoms with Gasteiger partial charge in [0, 0.05) is 24.6 Å². The van der Waals surface area contributed by atoms with Crippen molar-refractivity contribution in [2.45, 2.75) is 26.7 Å². The van der Waals surface area contributed by atoms with Crippen LogP contribution in [0.2, 0.25) is 0 Å². The maximum atomic E-state index is 14.0. The summed E-state index contributed by atoms with van der Waals surface area (Å²) in [6.45, 7) is 5.10. The zero-order valence-electron chi connectivity index (χ0n) is 11.8. The summed E-state index contributed by atoms with van der Waals surface area (Å²) in [7, 11) is -0.840. The Morgan fingerprint density at radius 3 is 2.50 bits per heavy atom. The van der Waals surface area contributed by atoms with Gasteiger partial charge in [-0.05, 0) is 19.4 Å². The number of benzene rings is 1. The minimum atomic E-state index is -0.993. The molecule has 20 heavy (non-hydrogen) atoms. The van der Waals surface area contributed by atoms with Gasteiger partial charge in [-0.1, -0.05) is 19.4 Å². The highest BCUT2D eigenvalue weighted by atomic mass is 19.2. The fourth-order valence-corrected chi connectivity index (χ4v) is 2.29. The Morgan fingerprint density at radius 2 is 1.90 bits per heavy atom. The third-order valence-corrected chi connectivity index (χ3v) is 3.29. The third-order valence-electron chi connectivity index (χ3n) is 3.29. The number of hydrogen-bond donors (Lipinski definition) is 0. The zero-order chi connectivity index (χ0) is 14.5. The largest absolute Gasteiger partial charge is 0.497 e. The number of rotatable bonds is 5. The Hall–Kier alpha value is -1.14. The van der Waals surface area contributed by atoms with E-state index < -0.39 is 18.8 Å². The van der Waals surface area contributed by atoms with E-state index in [1.54, 1.807) is 6.92 Å². The second-order valence-corrected chi connectivity index (χ2v) is 4.87. The molecule has 1 fully saturated rings. The smallest absolute Gasteiger partial charge is 0.491 e. The molecule has 3 nitrogen and oxygen atoms in total. The molecular weight excluding hydrogens is 265 g/mol. The topological polar surface area (TPSA) is 27.7 Å². The third kappa shape index (κ3) is 3.30. The van der Waals surface area contributed by atoms with Gasteiger partial charge in [-0.15, -0.1) is 0 Å². The van der Waals surface area contributed by atoms with Crippen LogP contribution in [-0.2, 0) is 9.31 Å². The van der Waals surface area contributed by atoms with Crippen molar-refractivity contribution in [3.63, 3.8) is 0 Å². The fourth-order valence-electron chi connectivity index (χ4n) is 2.29. The van der Waals surface area contributed by atoms with Crippen molar-refractivity contribution in [1.82, 2.24) is 0 Å². The van der Waals surface area contributed by atoms with Crippen LogP contribution in [0.1, 0.15) is 26.7 Å². The van der Waals surface area contributed by atoms with Crippen molar-refractivity contribution in [2.75, 3.05) is 19.8 Å². The van der Waals surface area contributed by atoms with Crippen LogP contribution < -0.4 is 10.2 Å². The van der Waals surface area contributed by atoms with E-state index in [1.165, 1.54) is 12.1 Å². The van der Waals surface area contributed by atoms with Gasteiger partial charge in [0.2, 0.25) is 0 Å². The highest BCUT2D eigenvalue weighted by molar-refractivity contribution is 6.61. The van der Waals surface area contributed by atoms with Gasteiger partial charge < -0.3 is 14.0 Å². The van der Waals surface area contributed by atoms with Crippen molar-refractivity contribution in [3.05, 3.63) is 23.8 Å². The minimum absolute atomic E-state index is 0.0842. The van der Waals surface area contributed by atoms with E-state index in [1.807, 2.05) is 0 Å². The molecule has 1 aromatic rings. The standard InChI is InChI=1S/C14H19BF2O3/c1-3-5-10-8-19-15(20-9-10)11-6-7-12(18-4-2)14(17)13(11)16/h6-7,10H,3-5,8-9H2,1-2H3. The molecule has 0 amide bonds. The summed E-state index contributed by atoms with van der Waals surface area (Å²) in [5.74, 6) is -1.72. The highest BCUT2D eigenvalue weighted by Gasteiger charge is 2.33. The summed E-state index contributed by atoms with van der Waals surface area (Å²) in [5, 5.41) is 0. The van der Waals surface area contributed by atoms with Gasteiger partial charge in [0.1, 0.15) is 0 Å². The monoisotopic (exact) mass is 284 g/mol. The van der Waals surface area contributed by atoms with Crippen LogP contribution in [0.5, 0.6) is 5.75 Å². The van der Waals surface area contributed by atoms with Crippen LogP contribution >= 0.6 is 0 Å². The lowest BCUT2D eigenvalue weighted by Gasteiger charge is -2.27. The van der Waals surface area contributed by atoms with E-state index in [4.69, 9.17) is 14.0 Å². The molecule has 110 valence electrons. The van der Waals surface area contributed by atoms with Gasteiger partial charge in [0.05, 0.1) is 6.61 Å². The molecule has 0 N–H and O–H groups in total. The first-order valence-corrected chi connectivity index (χ1v) is 7.01. The molecule has 1 aliphatic heterocycles. The molecule has 0 atom stereocenters. The summed E-state index contributed by atoms with van der Waals surface area (Å²) in [6, 6.07) is 2.86. The fraction of sp³-hybridized carbons (Fsp3) is 0.571. The number of halogens is 2. The molecule has 0 aromatic heterocycles. The molecule has 0 radical (unpaired) electrons. The first-order chi connectivity index (χ1) is 9.67. The van der Waals surface area contributed by atoms with Gasteiger partial charge in [0.25, 0.3) is 0 Å². The van der Waals surface area contributed by atoms with Gasteiger partial charge in [-0.2, -0.15) is 4.39 Å². The first-order valence-electron chi connectivity index (χ1n) is 7.01. The van der Waals surface area contributed by atoms with Crippen molar-refractivity contribution in [2.24, 2.45) is 5.92 Å². The van der Waals surface area contributed by atoms with E-state index in [-0.39, 0.29) is 17.8 Å². The lowest BCUT2D eigenvalue weighted by Crippen LogP contribution is -2.46. The molecule has 0 saturated carbocycles. The van der Waals surface area contributed by atoms with Crippen molar-refractivity contribution in [3.8, 4) is 5.75 Å². The SMILES string of the molecule is CCCC1COB(c2ccc(OCC)c(F)c2F)OC1. The van der Waals surface area contributed by atoms with Gasteiger partial charge >= 0.3 is 7.12 Å². The molecule has 0 unspecified atom stereocenters. The molecule has 1 saturated heterocycles. The highest BCUT2D eigenvalue weighted by Crippen LogP contribution is 2.20. The number of hydrogen-bond acceptors (Lipinski definition) is 3. The van der Waals surface area contributed by atoms with Crippen LogP contribution in [-0.4, -0.2) is 26.9 Å². The molecule has 0 aliphatic carbocycles. The van der Waals surface area contributed by atoms with E-state index >= 15 is 0 Å². The average molecular weight is 284 g/mol. The van der Waals surface area contributed by atoms with E-state index in [0.29, 0.717) is 19.1 Å². The van der Waals surface area contributed by atoms with Crippen LogP contribution in [0.3, 0.4) is 0 Å². The first kappa shape index (κ1) is 15.3. The van der Waals surface area contributed by atoms with E-state index in [0.717, 1.165) is 12.8 Å². The van der Waals surface area contributed by atoms with Crippen LogP contribution in [0.4, 0.5) is 8.78 Å². The Balaban J connectivity index is 2.08. The van der Waals surface area contributed by atoms with Crippen molar-refractivity contribution >= 4 is 12.6 Å². The Kier molecular flexibility index (Phi) is 5.37. The second kappa shape index (κ2) is 7.04. The number of ether oxygens (including phenoxy) is 1. The maximum absolute atomic E-state index is 14.0. The van der Waals surface area contributed by atoms with Gasteiger partial charge in [-0.3, -0.25) is 0 Å². The lowest BCUT2D eigenvalue weighted by molar-refractivity contribution is 0.0816.